The minimum absolute atomic E-state index is 0.0632. The van der Waals surface area contributed by atoms with Crippen LogP contribution < -0.4 is 11.3 Å². The quantitative estimate of drug-likeness (QED) is 0.606. The molecule has 0 atom stereocenters. The average Bonchev–Trinajstić information content (AvgIpc) is 3.00. The molecule has 3 nitrogen and oxygen atoms in total. The van der Waals surface area contributed by atoms with Gasteiger partial charge in [0.2, 0.25) is 0 Å². The summed E-state index contributed by atoms with van der Waals surface area (Å²) in [5.74, 6) is 0. The van der Waals surface area contributed by atoms with E-state index in [1.165, 1.54) is 23.1 Å². The van der Waals surface area contributed by atoms with Gasteiger partial charge < -0.3 is 5.73 Å². The summed E-state index contributed by atoms with van der Waals surface area (Å²) in [5, 5.41) is 2.22. The number of hydrogen-bond donors (Lipinski definition) is 1. The van der Waals surface area contributed by atoms with Crippen LogP contribution in [0.3, 0.4) is 0 Å². The van der Waals surface area contributed by atoms with E-state index in [0.717, 1.165) is 41.3 Å². The molecule has 124 valence electrons. The molecule has 0 unspecified atom stereocenters. The molecule has 0 spiro atoms. The Labute approximate surface area is 146 Å². The number of aromatic nitrogens is 1. The van der Waals surface area contributed by atoms with Crippen LogP contribution in [0, 0.1) is 0 Å². The molecule has 0 amide bonds. The molecule has 1 aliphatic carbocycles. The first-order valence-corrected chi connectivity index (χ1v) is 8.98. The Morgan fingerprint density at radius 2 is 1.68 bits per heavy atom. The predicted molar refractivity (Wildman–Crippen MR) is 103 cm³/mol. The first-order chi connectivity index (χ1) is 12.3. The van der Waals surface area contributed by atoms with Gasteiger partial charge in [0, 0.05) is 28.5 Å². The molecule has 2 heterocycles. The number of fused-ring (bicyclic) bond motifs is 3. The zero-order valence-corrected chi connectivity index (χ0v) is 14.1. The van der Waals surface area contributed by atoms with Gasteiger partial charge in [0.25, 0.3) is 5.56 Å². The first kappa shape index (κ1) is 14.5. The molecule has 4 aromatic rings. The van der Waals surface area contributed by atoms with Gasteiger partial charge in [-0.2, -0.15) is 0 Å². The van der Waals surface area contributed by atoms with Crippen LogP contribution in [-0.4, -0.2) is 4.40 Å². The van der Waals surface area contributed by atoms with Crippen LogP contribution in [0.2, 0.25) is 0 Å². The molecule has 1 aliphatic rings. The van der Waals surface area contributed by atoms with Crippen LogP contribution in [0.5, 0.6) is 0 Å². The largest absolute Gasteiger partial charge is 0.398 e. The normalized spacial score (nSPS) is 14.2. The van der Waals surface area contributed by atoms with E-state index in [-0.39, 0.29) is 5.56 Å². The van der Waals surface area contributed by atoms with Gasteiger partial charge in [0.05, 0.1) is 11.2 Å². The van der Waals surface area contributed by atoms with Gasteiger partial charge in [-0.15, -0.1) is 0 Å². The Kier molecular flexibility index (Phi) is 3.11. The molecule has 0 bridgehead atoms. The summed E-state index contributed by atoms with van der Waals surface area (Å²) in [5.41, 5.74) is 12.6. The SMILES string of the molecule is Nc1c(Cc2ccccc2)c(=O)n2c3c(c4cccc1c42)CCCC3. The van der Waals surface area contributed by atoms with Crippen molar-refractivity contribution in [3.8, 4) is 0 Å². The van der Waals surface area contributed by atoms with Crippen molar-refractivity contribution >= 4 is 22.0 Å². The number of nitrogens with zero attached hydrogens (tertiary/aromatic N) is 1. The third kappa shape index (κ3) is 2.02. The summed E-state index contributed by atoms with van der Waals surface area (Å²) in [6.45, 7) is 0. The summed E-state index contributed by atoms with van der Waals surface area (Å²) in [6.07, 6.45) is 4.97. The third-order valence-electron chi connectivity index (χ3n) is 5.59. The highest BCUT2D eigenvalue weighted by Gasteiger charge is 2.24. The van der Waals surface area contributed by atoms with Gasteiger partial charge in [-0.05, 0) is 36.8 Å². The lowest BCUT2D eigenvalue weighted by atomic mass is 9.95. The molecule has 25 heavy (non-hydrogen) atoms. The molecule has 2 N–H and O–H groups in total. The van der Waals surface area contributed by atoms with E-state index in [4.69, 9.17) is 5.73 Å². The van der Waals surface area contributed by atoms with Crippen molar-refractivity contribution in [2.75, 3.05) is 5.73 Å². The predicted octanol–water partition coefficient (Wildman–Crippen LogP) is 3.94. The summed E-state index contributed by atoms with van der Waals surface area (Å²) >= 11 is 0. The van der Waals surface area contributed by atoms with Gasteiger partial charge in [0.1, 0.15) is 0 Å². The van der Waals surface area contributed by atoms with E-state index in [9.17, 15) is 4.79 Å². The maximum absolute atomic E-state index is 13.4. The molecule has 2 aromatic heterocycles. The second-order valence-electron chi connectivity index (χ2n) is 7.03. The maximum atomic E-state index is 13.4. The lowest BCUT2D eigenvalue weighted by Crippen LogP contribution is -2.23. The van der Waals surface area contributed by atoms with Crippen LogP contribution in [0.25, 0.3) is 16.3 Å². The zero-order valence-electron chi connectivity index (χ0n) is 14.1. The van der Waals surface area contributed by atoms with Crippen LogP contribution in [-0.2, 0) is 19.3 Å². The highest BCUT2D eigenvalue weighted by molar-refractivity contribution is 6.05. The van der Waals surface area contributed by atoms with Crippen LogP contribution in [0.1, 0.15) is 35.2 Å². The molecule has 3 heteroatoms. The van der Waals surface area contributed by atoms with E-state index >= 15 is 0 Å². The molecule has 0 radical (unpaired) electrons. The summed E-state index contributed by atoms with van der Waals surface area (Å²) in [6, 6.07) is 16.4. The van der Waals surface area contributed by atoms with Crippen LogP contribution in [0.4, 0.5) is 5.69 Å². The second kappa shape index (κ2) is 5.35. The zero-order chi connectivity index (χ0) is 17.0. The number of nitrogens with two attached hydrogens (primary N) is 1. The van der Waals surface area contributed by atoms with Gasteiger partial charge in [-0.1, -0.05) is 48.5 Å². The number of hydrogen-bond acceptors (Lipinski definition) is 2. The number of nitrogen functional groups attached to an aromatic ring is 1. The molecule has 0 fully saturated rings. The molecular formula is C22H20N2O. The van der Waals surface area contributed by atoms with Crippen molar-refractivity contribution in [1.29, 1.82) is 0 Å². The van der Waals surface area contributed by atoms with Crippen molar-refractivity contribution < 1.29 is 0 Å². The average molecular weight is 328 g/mol. The van der Waals surface area contributed by atoms with E-state index in [1.807, 2.05) is 22.6 Å². The molecule has 0 aliphatic heterocycles. The minimum atomic E-state index is 0.0632. The Balaban J connectivity index is 1.87. The van der Waals surface area contributed by atoms with E-state index in [0.29, 0.717) is 12.1 Å². The first-order valence-electron chi connectivity index (χ1n) is 8.98. The number of rotatable bonds is 2. The van der Waals surface area contributed by atoms with Gasteiger partial charge in [-0.3, -0.25) is 9.20 Å². The summed E-state index contributed by atoms with van der Waals surface area (Å²) in [7, 11) is 0. The number of benzene rings is 2. The lowest BCUT2D eigenvalue weighted by molar-refractivity contribution is 0.668. The fraction of sp³-hybridized carbons (Fsp3) is 0.227. The van der Waals surface area contributed by atoms with Gasteiger partial charge in [0.15, 0.2) is 0 Å². The molecule has 0 saturated carbocycles. The van der Waals surface area contributed by atoms with Crippen molar-refractivity contribution in [2.45, 2.75) is 32.1 Å². The monoisotopic (exact) mass is 328 g/mol. The summed E-state index contributed by atoms with van der Waals surface area (Å²) in [4.78, 5) is 13.4. The third-order valence-corrected chi connectivity index (χ3v) is 5.59. The van der Waals surface area contributed by atoms with E-state index in [2.05, 4.69) is 30.3 Å². The topological polar surface area (TPSA) is 47.5 Å². The molecule has 2 aromatic carbocycles. The van der Waals surface area contributed by atoms with Crippen LogP contribution in [0.15, 0.2) is 53.3 Å². The Morgan fingerprint density at radius 3 is 2.52 bits per heavy atom. The summed E-state index contributed by atoms with van der Waals surface area (Å²) < 4.78 is 1.97. The second-order valence-corrected chi connectivity index (χ2v) is 7.03. The van der Waals surface area contributed by atoms with Crippen molar-refractivity contribution in [1.82, 2.24) is 4.40 Å². The molecule has 0 saturated heterocycles. The molecular weight excluding hydrogens is 308 g/mol. The Hall–Kier alpha value is -2.81. The van der Waals surface area contributed by atoms with Crippen molar-refractivity contribution in [3.05, 3.63) is 81.3 Å². The number of aryl methyl sites for hydroxylation is 2. The van der Waals surface area contributed by atoms with E-state index < -0.39 is 0 Å². The maximum Gasteiger partial charge on any atom is 0.260 e. The fourth-order valence-corrected chi connectivity index (χ4v) is 4.41. The Morgan fingerprint density at radius 1 is 0.920 bits per heavy atom. The van der Waals surface area contributed by atoms with Gasteiger partial charge in [-0.25, -0.2) is 0 Å². The highest BCUT2D eigenvalue weighted by Crippen LogP contribution is 2.36. The van der Waals surface area contributed by atoms with E-state index in [1.54, 1.807) is 0 Å². The molecule has 5 rings (SSSR count). The highest BCUT2D eigenvalue weighted by atomic mass is 16.1. The lowest BCUT2D eigenvalue weighted by Gasteiger charge is -2.13. The standard InChI is InChI=1S/C22H20N2O/c23-20-17-11-6-10-16-15-9-4-5-12-19(15)24(21(16)17)22(25)18(20)13-14-7-2-1-3-8-14/h1-3,6-8,10-11H,4-5,9,12-13,23H2. The van der Waals surface area contributed by atoms with Gasteiger partial charge >= 0.3 is 0 Å². The Bertz CT molecular complexity index is 1140. The smallest absolute Gasteiger partial charge is 0.260 e. The van der Waals surface area contributed by atoms with Crippen molar-refractivity contribution in [2.24, 2.45) is 0 Å². The van der Waals surface area contributed by atoms with Crippen LogP contribution >= 0.6 is 0 Å². The fourth-order valence-electron chi connectivity index (χ4n) is 4.41. The number of anilines is 1. The van der Waals surface area contributed by atoms with Crippen molar-refractivity contribution in [3.63, 3.8) is 0 Å². The number of para-hydroxylation sites is 1. The minimum Gasteiger partial charge on any atom is -0.398 e. The number of pyridine rings is 1.